The average molecular weight is 545 g/mol. The molecule has 0 radical (unpaired) electrons. The van der Waals surface area contributed by atoms with Crippen LogP contribution in [0.3, 0.4) is 0 Å². The molecule has 1 aliphatic heterocycles. The fraction of sp³-hybridized carbons (Fsp3) is 0.846. The lowest BCUT2D eigenvalue weighted by Gasteiger charge is -2.37. The third kappa shape index (κ3) is 13.2. The second kappa shape index (κ2) is 13.3. The van der Waals surface area contributed by atoms with E-state index in [4.69, 9.17) is 14.2 Å². The third-order valence-electron chi connectivity index (χ3n) is 5.34. The van der Waals surface area contributed by atoms with Gasteiger partial charge in [-0.15, -0.1) is 0 Å². The quantitative estimate of drug-likeness (QED) is 0.519. The van der Waals surface area contributed by atoms with Crippen molar-refractivity contribution in [2.75, 3.05) is 52.4 Å². The zero-order valence-electron chi connectivity index (χ0n) is 24.8. The van der Waals surface area contributed by atoms with Crippen LogP contribution in [0.1, 0.15) is 69.2 Å². The maximum atomic E-state index is 13.0. The molecule has 0 aliphatic carbocycles. The van der Waals surface area contributed by atoms with Crippen molar-refractivity contribution in [3.8, 4) is 0 Å². The van der Waals surface area contributed by atoms with Gasteiger partial charge in [-0.3, -0.25) is 9.69 Å². The number of hydrogen-bond donors (Lipinski definition) is 1. The van der Waals surface area contributed by atoms with Gasteiger partial charge < -0.3 is 34.0 Å². The van der Waals surface area contributed by atoms with E-state index in [0.717, 1.165) is 0 Å². The Bertz CT molecular complexity index is 829. The van der Waals surface area contributed by atoms with Crippen molar-refractivity contribution in [1.29, 1.82) is 0 Å². The molecule has 3 amide bonds. The van der Waals surface area contributed by atoms with Gasteiger partial charge in [-0.25, -0.2) is 14.4 Å². The first-order chi connectivity index (χ1) is 17.2. The van der Waals surface area contributed by atoms with E-state index in [1.54, 1.807) is 67.2 Å². The van der Waals surface area contributed by atoms with Gasteiger partial charge in [0.05, 0.1) is 6.54 Å². The standard InChI is InChI=1S/C26H48N4O8/c1-19-17-30(23(35)38-26(8,9)10)16-14-28(22(34)37-25(5,6)7)12-11-27(21(33)36-24(2,3)4)13-15-29(19)18-20(31)32/h19H,11-18H2,1-10H3,(H,31,32). The third-order valence-corrected chi connectivity index (χ3v) is 5.34. The maximum Gasteiger partial charge on any atom is 0.410 e. The summed E-state index contributed by atoms with van der Waals surface area (Å²) in [6.07, 6.45) is -1.68. The van der Waals surface area contributed by atoms with Crippen molar-refractivity contribution in [2.45, 2.75) is 92.1 Å². The van der Waals surface area contributed by atoms with Crippen molar-refractivity contribution in [3.63, 3.8) is 0 Å². The number of aliphatic carboxylic acids is 1. The van der Waals surface area contributed by atoms with Crippen LogP contribution in [0, 0.1) is 0 Å². The van der Waals surface area contributed by atoms with Gasteiger partial charge in [0.25, 0.3) is 0 Å². The highest BCUT2D eigenvalue weighted by Crippen LogP contribution is 2.16. The molecule has 38 heavy (non-hydrogen) atoms. The molecule has 1 N–H and O–H groups in total. The van der Waals surface area contributed by atoms with Gasteiger partial charge in [0.1, 0.15) is 16.8 Å². The lowest BCUT2D eigenvalue weighted by Crippen LogP contribution is -2.54. The van der Waals surface area contributed by atoms with E-state index < -0.39 is 41.1 Å². The minimum Gasteiger partial charge on any atom is -0.480 e. The Hall–Kier alpha value is -2.76. The van der Waals surface area contributed by atoms with Gasteiger partial charge in [0.15, 0.2) is 0 Å². The largest absolute Gasteiger partial charge is 0.480 e. The van der Waals surface area contributed by atoms with Crippen molar-refractivity contribution >= 4 is 24.2 Å². The van der Waals surface area contributed by atoms with Crippen LogP contribution in [-0.2, 0) is 19.0 Å². The number of rotatable bonds is 2. The lowest BCUT2D eigenvalue weighted by molar-refractivity contribution is -0.139. The van der Waals surface area contributed by atoms with E-state index in [1.165, 1.54) is 14.7 Å². The van der Waals surface area contributed by atoms with Gasteiger partial charge in [-0.2, -0.15) is 0 Å². The normalized spacial score (nSPS) is 19.2. The number of carboxylic acid groups (broad SMARTS) is 1. The van der Waals surface area contributed by atoms with Crippen molar-refractivity contribution in [3.05, 3.63) is 0 Å². The predicted octanol–water partition coefficient (Wildman–Crippen LogP) is 3.49. The zero-order valence-corrected chi connectivity index (χ0v) is 24.8. The van der Waals surface area contributed by atoms with Gasteiger partial charge in [-0.05, 0) is 69.2 Å². The zero-order chi connectivity index (χ0) is 29.5. The van der Waals surface area contributed by atoms with Gasteiger partial charge in [-0.1, -0.05) is 0 Å². The monoisotopic (exact) mass is 544 g/mol. The summed E-state index contributed by atoms with van der Waals surface area (Å²) in [7, 11) is 0. The highest BCUT2D eigenvalue weighted by molar-refractivity contribution is 5.71. The van der Waals surface area contributed by atoms with Crippen molar-refractivity contribution < 1.29 is 38.5 Å². The van der Waals surface area contributed by atoms with E-state index in [1.807, 2.05) is 6.92 Å². The molecule has 1 fully saturated rings. The number of nitrogens with zero attached hydrogens (tertiary/aromatic N) is 4. The van der Waals surface area contributed by atoms with Crippen LogP contribution in [0.5, 0.6) is 0 Å². The summed E-state index contributed by atoms with van der Waals surface area (Å²) >= 11 is 0. The molecule has 0 spiro atoms. The molecule has 1 aliphatic rings. The van der Waals surface area contributed by atoms with Crippen molar-refractivity contribution in [1.82, 2.24) is 19.6 Å². The molecule has 0 aromatic heterocycles. The van der Waals surface area contributed by atoms with Gasteiger partial charge in [0, 0.05) is 51.9 Å². The first-order valence-corrected chi connectivity index (χ1v) is 13.1. The minimum absolute atomic E-state index is 0.127. The molecule has 0 saturated carbocycles. The highest BCUT2D eigenvalue weighted by Gasteiger charge is 2.31. The Kier molecular flexibility index (Phi) is 11.7. The molecule has 1 rings (SSSR count). The van der Waals surface area contributed by atoms with Crippen LogP contribution >= 0.6 is 0 Å². The fourth-order valence-electron chi connectivity index (χ4n) is 3.62. The second-order valence-corrected chi connectivity index (χ2v) is 12.6. The molecule has 1 saturated heterocycles. The van der Waals surface area contributed by atoms with Gasteiger partial charge in [0.2, 0.25) is 0 Å². The average Bonchev–Trinajstić information content (AvgIpc) is 2.68. The van der Waals surface area contributed by atoms with Crippen LogP contribution in [0.15, 0.2) is 0 Å². The fourth-order valence-corrected chi connectivity index (χ4v) is 3.62. The smallest absolute Gasteiger partial charge is 0.410 e. The minimum atomic E-state index is -1.02. The number of carbonyl (C=O) groups excluding carboxylic acids is 3. The predicted molar refractivity (Wildman–Crippen MR) is 142 cm³/mol. The first-order valence-electron chi connectivity index (χ1n) is 13.1. The first kappa shape index (κ1) is 33.3. The molecule has 12 heteroatoms. The summed E-state index contributed by atoms with van der Waals surface area (Å²) in [5.74, 6) is -1.02. The van der Waals surface area contributed by atoms with E-state index in [-0.39, 0.29) is 58.4 Å². The molecule has 12 nitrogen and oxygen atoms in total. The Balaban J connectivity index is 3.34. The topological polar surface area (TPSA) is 129 Å². The second-order valence-electron chi connectivity index (χ2n) is 12.6. The number of hydrogen-bond acceptors (Lipinski definition) is 8. The van der Waals surface area contributed by atoms with E-state index in [0.29, 0.717) is 0 Å². The van der Waals surface area contributed by atoms with Crippen LogP contribution in [0.25, 0.3) is 0 Å². The summed E-state index contributed by atoms with van der Waals surface area (Å²) in [5, 5.41) is 9.51. The molecule has 0 bridgehead atoms. The molecule has 0 aromatic carbocycles. The molecule has 1 unspecified atom stereocenters. The summed E-state index contributed by atoms with van der Waals surface area (Å²) in [6.45, 7) is 18.5. The summed E-state index contributed by atoms with van der Waals surface area (Å²) in [6, 6.07) is -0.381. The summed E-state index contributed by atoms with van der Waals surface area (Å²) in [5.41, 5.74) is -2.20. The van der Waals surface area contributed by atoms with Crippen LogP contribution in [0.2, 0.25) is 0 Å². The number of carbonyl (C=O) groups is 4. The Labute approximate surface area is 227 Å². The number of amides is 3. The molecular weight excluding hydrogens is 496 g/mol. The number of carboxylic acids is 1. The van der Waals surface area contributed by atoms with E-state index in [9.17, 15) is 24.3 Å². The highest BCUT2D eigenvalue weighted by atomic mass is 16.6. The lowest BCUT2D eigenvalue weighted by atomic mass is 10.2. The van der Waals surface area contributed by atoms with Crippen LogP contribution < -0.4 is 0 Å². The SMILES string of the molecule is CC1CN(C(=O)OC(C)(C)C)CCN(C(=O)OC(C)(C)C)CCN(C(=O)OC(C)(C)C)CCN1CC(=O)O. The summed E-state index contributed by atoms with van der Waals surface area (Å²) in [4.78, 5) is 56.8. The molecule has 220 valence electrons. The number of ether oxygens (including phenoxy) is 3. The van der Waals surface area contributed by atoms with E-state index >= 15 is 0 Å². The van der Waals surface area contributed by atoms with Crippen molar-refractivity contribution in [2.24, 2.45) is 0 Å². The molecular formula is C26H48N4O8. The van der Waals surface area contributed by atoms with Gasteiger partial charge >= 0.3 is 24.2 Å². The molecule has 1 atom stereocenters. The van der Waals surface area contributed by atoms with E-state index in [2.05, 4.69) is 0 Å². The Morgan fingerprint density at radius 2 is 0.947 bits per heavy atom. The summed E-state index contributed by atoms with van der Waals surface area (Å²) < 4.78 is 16.7. The molecule has 0 aromatic rings. The Morgan fingerprint density at radius 1 is 0.632 bits per heavy atom. The Morgan fingerprint density at radius 3 is 1.29 bits per heavy atom. The van der Waals surface area contributed by atoms with Crippen LogP contribution in [0.4, 0.5) is 14.4 Å². The molecule has 1 heterocycles. The maximum absolute atomic E-state index is 13.0. The van der Waals surface area contributed by atoms with Crippen LogP contribution in [-0.4, -0.2) is 124 Å².